The molecule has 0 bridgehead atoms. The third kappa shape index (κ3) is 17.2. The SMILES string of the molecule is C=C(OCC)c1c(C2CCCC2)c2ccc(C(=O)OC)cc2n1C.COC(=O)c1ccc2c(C3CCCC3)c(Br)n(C)c2c1.COC(=O)c1ccc2c(C3CCCC3)c(C(=O)/C=C/N(C)C)n(C)c2c1.COC(=O)c1ccc2c(C3CCCC3)c(C(C)=O)n(C)c2c1.Cn1c(-c2ccn[nH]2)c(C2CCCC2)c2ccc(C(=O)O)cc21. The van der Waals surface area contributed by atoms with Crippen molar-refractivity contribution in [3.63, 3.8) is 0 Å². The summed E-state index contributed by atoms with van der Waals surface area (Å²) >= 11 is 3.73. The number of aromatic carboxylic acids is 1. The molecule has 0 saturated heterocycles. The Balaban J connectivity index is 0.000000133. The number of fused-ring (bicyclic) bond motifs is 5. The summed E-state index contributed by atoms with van der Waals surface area (Å²) < 4.78 is 36.3. The van der Waals surface area contributed by atoms with Gasteiger partial charge in [-0.25, -0.2) is 24.0 Å². The molecule has 5 aromatic carbocycles. The number of carboxylic acids is 1. The number of hydrogen-bond acceptors (Lipinski definition) is 14. The van der Waals surface area contributed by atoms with Gasteiger partial charge >= 0.3 is 29.8 Å². The number of rotatable bonds is 18. The van der Waals surface area contributed by atoms with E-state index in [9.17, 15) is 38.7 Å². The van der Waals surface area contributed by atoms with Crippen LogP contribution in [0.15, 0.2) is 127 Å². The number of aryl methyl sites for hydroxylation is 5. The second-order valence-corrected chi connectivity index (χ2v) is 32.2. The number of benzene rings is 5. The van der Waals surface area contributed by atoms with E-state index in [-0.39, 0.29) is 35.4 Å². The number of ether oxygens (including phenoxy) is 5. The van der Waals surface area contributed by atoms with Crippen molar-refractivity contribution in [1.29, 1.82) is 0 Å². The van der Waals surface area contributed by atoms with Gasteiger partial charge in [0.15, 0.2) is 5.78 Å². The number of hydrogen-bond donors (Lipinski definition) is 2. The van der Waals surface area contributed by atoms with Crippen molar-refractivity contribution in [3.8, 4) is 11.4 Å². The molecule has 21 nitrogen and oxygen atoms in total. The molecular formula is C93H109BrN8O13. The highest BCUT2D eigenvalue weighted by atomic mass is 79.9. The van der Waals surface area contributed by atoms with Crippen molar-refractivity contribution >= 4 is 118 Å². The molecule has 6 heterocycles. The summed E-state index contributed by atoms with van der Waals surface area (Å²) in [7, 11) is 19.2. The van der Waals surface area contributed by atoms with Crippen molar-refractivity contribution in [2.75, 3.05) is 49.1 Å². The molecule has 0 spiro atoms. The lowest BCUT2D eigenvalue weighted by Crippen LogP contribution is -2.10. The number of nitrogens with one attached hydrogen (secondary N) is 1. The molecule has 5 aliphatic rings. The first-order chi connectivity index (χ1) is 55.3. The fourth-order valence-corrected chi connectivity index (χ4v) is 19.6. The van der Waals surface area contributed by atoms with Crippen LogP contribution in [0, 0.1) is 0 Å². The number of esters is 4. The van der Waals surface area contributed by atoms with Gasteiger partial charge in [0.1, 0.15) is 5.76 Å². The van der Waals surface area contributed by atoms with E-state index in [2.05, 4.69) is 52.5 Å². The molecule has 5 aliphatic carbocycles. The number of allylic oxidation sites excluding steroid dienone is 1. The summed E-state index contributed by atoms with van der Waals surface area (Å²) in [6.45, 7) is 8.33. The maximum Gasteiger partial charge on any atom is 0.337 e. The molecule has 0 amide bonds. The Morgan fingerprint density at radius 2 is 0.791 bits per heavy atom. The van der Waals surface area contributed by atoms with Gasteiger partial charge in [-0.15, -0.1) is 0 Å². The Hall–Kier alpha value is -10.7. The number of carbonyl (C=O) groups is 7. The normalized spacial score (nSPS) is 15.4. The van der Waals surface area contributed by atoms with Gasteiger partial charge in [0.2, 0.25) is 5.78 Å². The predicted molar refractivity (Wildman–Crippen MR) is 456 cm³/mol. The number of aromatic nitrogens is 7. The summed E-state index contributed by atoms with van der Waals surface area (Å²) in [6.07, 6.45) is 29.5. The minimum atomic E-state index is -0.890. The van der Waals surface area contributed by atoms with Crippen LogP contribution in [0.1, 0.15) is 278 Å². The molecule has 0 unspecified atom stereocenters. The fraction of sp³-hybridized carbons (Fsp3) is 0.419. The molecule has 0 aliphatic heterocycles. The van der Waals surface area contributed by atoms with E-state index in [1.165, 1.54) is 164 Å². The lowest BCUT2D eigenvalue weighted by molar-refractivity contribution is 0.0592. The zero-order valence-corrected chi connectivity index (χ0v) is 70.4. The second kappa shape index (κ2) is 36.8. The molecule has 606 valence electrons. The molecule has 16 rings (SSSR count). The third-order valence-electron chi connectivity index (χ3n) is 24.3. The van der Waals surface area contributed by atoms with Crippen LogP contribution in [-0.2, 0) is 58.9 Å². The van der Waals surface area contributed by atoms with Crippen molar-refractivity contribution in [2.24, 2.45) is 35.2 Å². The number of methoxy groups -OCH3 is 4. The van der Waals surface area contributed by atoms with Gasteiger partial charge in [-0.2, -0.15) is 5.10 Å². The predicted octanol–water partition coefficient (Wildman–Crippen LogP) is 20.6. The van der Waals surface area contributed by atoms with Crippen LogP contribution in [0.2, 0.25) is 0 Å². The minimum absolute atomic E-state index is 0.00100. The Kier molecular flexibility index (Phi) is 26.8. The van der Waals surface area contributed by atoms with Gasteiger partial charge in [-0.1, -0.05) is 101 Å². The minimum Gasteiger partial charge on any atom is -0.492 e. The maximum absolute atomic E-state index is 13.0. The van der Waals surface area contributed by atoms with Crippen molar-refractivity contribution in [1.82, 2.24) is 37.9 Å². The largest absolute Gasteiger partial charge is 0.492 e. The van der Waals surface area contributed by atoms with E-state index in [0.29, 0.717) is 69.8 Å². The summed E-state index contributed by atoms with van der Waals surface area (Å²) in [6, 6.07) is 30.2. The topological polar surface area (TPSA) is 242 Å². The van der Waals surface area contributed by atoms with Crippen LogP contribution in [0.25, 0.3) is 71.7 Å². The molecule has 2 N–H and O–H groups in total. The lowest BCUT2D eigenvalue weighted by Gasteiger charge is -2.15. The van der Waals surface area contributed by atoms with Crippen LogP contribution in [-0.4, -0.2) is 134 Å². The Bertz CT molecular complexity index is 5520. The number of ketones is 2. The molecule has 6 aromatic heterocycles. The van der Waals surface area contributed by atoms with E-state index >= 15 is 0 Å². The molecule has 0 atom stereocenters. The highest BCUT2D eigenvalue weighted by molar-refractivity contribution is 9.10. The van der Waals surface area contributed by atoms with Crippen LogP contribution in [0.4, 0.5) is 0 Å². The first-order valence-electron chi connectivity index (χ1n) is 40.4. The Morgan fingerprint density at radius 3 is 1.16 bits per heavy atom. The number of carboxylic acid groups (broad SMARTS) is 1. The van der Waals surface area contributed by atoms with Crippen molar-refractivity contribution in [2.45, 2.75) is 172 Å². The molecular weight excluding hydrogens is 1520 g/mol. The summed E-state index contributed by atoms with van der Waals surface area (Å²) in [5, 5.41) is 22.2. The fourth-order valence-electron chi connectivity index (χ4n) is 18.8. The van der Waals surface area contributed by atoms with Gasteiger partial charge < -0.3 is 56.5 Å². The van der Waals surface area contributed by atoms with Crippen molar-refractivity contribution < 1.29 is 62.4 Å². The monoisotopic (exact) mass is 1620 g/mol. The number of carbonyl (C=O) groups excluding carboxylic acids is 6. The zero-order chi connectivity index (χ0) is 82.2. The van der Waals surface area contributed by atoms with Gasteiger partial charge in [-0.3, -0.25) is 14.7 Å². The van der Waals surface area contributed by atoms with E-state index in [1.54, 1.807) is 49.7 Å². The maximum atomic E-state index is 13.0. The summed E-state index contributed by atoms with van der Waals surface area (Å²) in [4.78, 5) is 85.5. The van der Waals surface area contributed by atoms with Gasteiger partial charge in [0.05, 0.1) is 95.9 Å². The van der Waals surface area contributed by atoms with Gasteiger partial charge in [0.25, 0.3) is 0 Å². The molecule has 5 saturated carbocycles. The number of H-pyrrole nitrogens is 1. The van der Waals surface area contributed by atoms with Crippen molar-refractivity contribution in [3.05, 3.63) is 199 Å². The number of aromatic amines is 1. The summed E-state index contributed by atoms with van der Waals surface area (Å²) in [5.41, 5.74) is 18.5. The molecule has 11 aromatic rings. The Labute approximate surface area is 681 Å². The molecule has 0 radical (unpaired) electrons. The van der Waals surface area contributed by atoms with Crippen LogP contribution < -0.4 is 0 Å². The molecule has 5 fully saturated rings. The standard InChI is InChI=1S/C21H26N2O3.C20H25NO3.C18H19N3O2.C18H21NO3.C16H18BrNO2/c1-22(2)12-11-18(24)20-19(14-7-5-6-8-14)16-10-9-15(21(25)26-4)13-17(16)23(20)3;1-5-24-13(2)19-18(14-8-6-7-9-14)16-11-10-15(20(22)23-4)12-17(16)21(19)3;1-21-15-10-12(18(22)23)6-7-13(15)16(11-4-2-3-5-11)17(21)14-8-9-19-20-14;1-11(20)17-16(12-6-4-5-7-12)14-9-8-13(18(21)22-3)10-15(14)19(17)2;1-18-13-9-11(16(19)20-2)7-8-12(13)14(15(18)17)10-5-3-4-6-10/h9-14H,5-8H2,1-4H3;10-12,14H,2,5-9H2,1,3-4H3;6-11H,2-5H2,1H3,(H,19,20)(H,22,23);8-10,12H,4-7H2,1-3H3;7-10H,3-6H2,1-2H3/b12-11+;;;;. The second-order valence-electron chi connectivity index (χ2n) is 31.4. The average molecular weight is 1630 g/mol. The van der Waals surface area contributed by atoms with E-state index in [0.717, 1.165) is 108 Å². The van der Waals surface area contributed by atoms with Crippen LogP contribution in [0.3, 0.4) is 0 Å². The number of Topliss-reactive ketones (excluding diaryl/α,β-unsaturated/α-hetero) is 1. The first-order valence-corrected chi connectivity index (χ1v) is 41.2. The molecule has 115 heavy (non-hydrogen) atoms. The van der Waals surface area contributed by atoms with Gasteiger partial charge in [-0.05, 0) is 211 Å². The van der Waals surface area contributed by atoms with E-state index in [1.807, 2.05) is 137 Å². The smallest absolute Gasteiger partial charge is 0.337 e. The van der Waals surface area contributed by atoms with Crippen LogP contribution >= 0.6 is 15.9 Å². The van der Waals surface area contributed by atoms with Crippen LogP contribution in [0.5, 0.6) is 0 Å². The molecule has 22 heteroatoms. The van der Waals surface area contributed by atoms with E-state index in [4.69, 9.17) is 23.7 Å². The zero-order valence-electron chi connectivity index (χ0n) is 68.8. The highest BCUT2D eigenvalue weighted by Crippen LogP contribution is 2.49. The lowest BCUT2D eigenvalue weighted by atomic mass is 9.93. The van der Waals surface area contributed by atoms with Gasteiger partial charge in [0, 0.05) is 129 Å². The number of halogens is 1. The highest BCUT2D eigenvalue weighted by Gasteiger charge is 2.34. The first kappa shape index (κ1) is 83.7. The summed E-state index contributed by atoms with van der Waals surface area (Å²) in [5.74, 6) is 1.13. The Morgan fingerprint density at radius 1 is 0.470 bits per heavy atom. The quantitative estimate of drug-likeness (QED) is 0.0267. The average Bonchev–Trinajstić information content (AvgIpc) is 1.62. The van der Waals surface area contributed by atoms with E-state index < -0.39 is 5.97 Å². The number of nitrogens with zero attached hydrogens (tertiary/aromatic N) is 7. The third-order valence-corrected chi connectivity index (χ3v) is 25.3.